The van der Waals surface area contributed by atoms with E-state index in [0.29, 0.717) is 10.5 Å². The molecule has 0 fully saturated rings. The van der Waals surface area contributed by atoms with E-state index in [-0.39, 0.29) is 21.9 Å². The fourth-order valence-corrected chi connectivity index (χ4v) is 3.82. The van der Waals surface area contributed by atoms with Gasteiger partial charge in [0.25, 0.3) is 21.8 Å². The van der Waals surface area contributed by atoms with Gasteiger partial charge in [-0.25, -0.2) is 8.42 Å². The van der Waals surface area contributed by atoms with Gasteiger partial charge in [0, 0.05) is 18.3 Å². The van der Waals surface area contributed by atoms with E-state index in [9.17, 15) is 31.2 Å². The molecule has 0 spiro atoms. The zero-order chi connectivity index (χ0) is 25.1. The van der Waals surface area contributed by atoms with Crippen LogP contribution in [-0.4, -0.2) is 38.9 Å². The summed E-state index contributed by atoms with van der Waals surface area (Å²) in [5.74, 6) is -1.83. The van der Waals surface area contributed by atoms with Crippen LogP contribution in [0.2, 0.25) is 0 Å². The number of hydrogen-bond donors (Lipinski definition) is 2. The Kier molecular flexibility index (Phi) is 7.09. The van der Waals surface area contributed by atoms with Gasteiger partial charge >= 0.3 is 6.18 Å². The highest BCUT2D eigenvalue weighted by Crippen LogP contribution is 2.37. The van der Waals surface area contributed by atoms with E-state index in [4.69, 9.17) is 4.42 Å². The molecule has 180 valence electrons. The molecule has 2 aromatic carbocycles. The first-order valence-electron chi connectivity index (χ1n) is 9.44. The van der Waals surface area contributed by atoms with Crippen LogP contribution in [-0.2, 0) is 21.0 Å². The van der Waals surface area contributed by atoms with Gasteiger partial charge in [0.2, 0.25) is 0 Å². The van der Waals surface area contributed by atoms with Crippen molar-refractivity contribution in [1.82, 2.24) is 4.47 Å². The Bertz CT molecular complexity index is 1310. The van der Waals surface area contributed by atoms with E-state index in [1.807, 2.05) is 0 Å². The molecular weight excluding hydrogens is 479 g/mol. The van der Waals surface area contributed by atoms with Crippen LogP contribution in [0.3, 0.4) is 0 Å². The first-order chi connectivity index (χ1) is 15.9. The number of hydroxylamine groups is 1. The average molecular weight is 497 g/mol. The molecule has 0 aliphatic rings. The molecule has 1 aromatic heterocycles. The van der Waals surface area contributed by atoms with Gasteiger partial charge in [0.15, 0.2) is 5.76 Å². The van der Waals surface area contributed by atoms with Crippen molar-refractivity contribution in [3.05, 3.63) is 77.7 Å². The molecule has 1 heterocycles. The molecule has 0 radical (unpaired) electrons. The van der Waals surface area contributed by atoms with E-state index in [2.05, 4.69) is 15.5 Å². The van der Waals surface area contributed by atoms with Crippen molar-refractivity contribution < 1.29 is 40.4 Å². The Morgan fingerprint density at radius 2 is 1.74 bits per heavy atom. The monoisotopic (exact) mass is 497 g/mol. The lowest BCUT2D eigenvalue weighted by atomic mass is 10.1. The van der Waals surface area contributed by atoms with Crippen LogP contribution in [0.25, 0.3) is 0 Å². The van der Waals surface area contributed by atoms with Gasteiger partial charge in [0.1, 0.15) is 0 Å². The number of alkyl halides is 3. The third-order valence-electron chi connectivity index (χ3n) is 4.57. The summed E-state index contributed by atoms with van der Waals surface area (Å²) in [6.45, 7) is 0. The predicted octanol–water partition coefficient (Wildman–Crippen LogP) is 3.98. The van der Waals surface area contributed by atoms with Crippen molar-refractivity contribution in [3.8, 4) is 0 Å². The number of rotatable bonds is 7. The van der Waals surface area contributed by atoms with Crippen molar-refractivity contribution in [1.29, 1.82) is 0 Å². The lowest BCUT2D eigenvalue weighted by Gasteiger charge is -2.16. The number of halogens is 3. The van der Waals surface area contributed by atoms with Crippen LogP contribution in [0, 0.1) is 0 Å². The van der Waals surface area contributed by atoms with E-state index in [1.54, 1.807) is 0 Å². The first-order valence-corrected chi connectivity index (χ1v) is 10.9. The minimum atomic E-state index is -4.87. The second-order valence-corrected chi connectivity index (χ2v) is 8.70. The smallest absolute Gasteiger partial charge is 0.418 e. The molecule has 2 amide bonds. The Morgan fingerprint density at radius 1 is 1.00 bits per heavy atom. The summed E-state index contributed by atoms with van der Waals surface area (Å²) in [5.41, 5.74) is -2.19. The summed E-state index contributed by atoms with van der Waals surface area (Å²) in [6.07, 6.45) is -3.64. The SMILES string of the molecule is CON(C)S(=O)(=O)c1cccc(C(=O)Nc2ccc(NC(=O)c3ccco3)cc2C(F)(F)F)c1. The van der Waals surface area contributed by atoms with Gasteiger partial charge in [0.05, 0.1) is 29.5 Å². The molecule has 2 N–H and O–H groups in total. The summed E-state index contributed by atoms with van der Waals surface area (Å²) in [5, 5.41) is 4.41. The molecule has 0 unspecified atom stereocenters. The highest BCUT2D eigenvalue weighted by molar-refractivity contribution is 7.89. The summed E-state index contributed by atoms with van der Waals surface area (Å²) < 4.78 is 71.2. The van der Waals surface area contributed by atoms with Crippen molar-refractivity contribution in [2.24, 2.45) is 0 Å². The Morgan fingerprint density at radius 3 is 2.35 bits per heavy atom. The highest BCUT2D eigenvalue weighted by atomic mass is 32.2. The maximum atomic E-state index is 13.7. The number of carbonyl (C=O) groups is 2. The van der Waals surface area contributed by atoms with E-state index < -0.39 is 39.3 Å². The highest BCUT2D eigenvalue weighted by Gasteiger charge is 2.34. The number of amides is 2. The molecule has 0 aliphatic carbocycles. The van der Waals surface area contributed by atoms with Gasteiger partial charge in [-0.3, -0.25) is 14.4 Å². The molecule has 3 aromatic rings. The summed E-state index contributed by atoms with van der Waals surface area (Å²) in [6, 6.07) is 10.3. The van der Waals surface area contributed by atoms with Crippen molar-refractivity contribution in [2.75, 3.05) is 24.8 Å². The molecule has 0 saturated carbocycles. The third kappa shape index (κ3) is 5.44. The normalized spacial score (nSPS) is 11.9. The maximum Gasteiger partial charge on any atom is 0.418 e. The quantitative estimate of drug-likeness (QED) is 0.477. The molecule has 0 saturated heterocycles. The summed E-state index contributed by atoms with van der Waals surface area (Å²) in [7, 11) is -1.81. The number of benzene rings is 2. The van der Waals surface area contributed by atoms with Crippen LogP contribution in [0.1, 0.15) is 26.5 Å². The standard InChI is InChI=1S/C21H18F3N3O6S/c1-27(32-2)34(30,31)15-6-3-5-13(11-15)19(28)26-17-9-8-14(12-16(17)21(22,23)24)25-20(29)18-7-4-10-33-18/h3-12H,1-2H3,(H,25,29)(H,26,28). The first kappa shape index (κ1) is 25.0. The number of carbonyl (C=O) groups excluding carboxylic acids is 2. The van der Waals surface area contributed by atoms with Crippen LogP contribution >= 0.6 is 0 Å². The van der Waals surface area contributed by atoms with Crippen LogP contribution < -0.4 is 10.6 Å². The van der Waals surface area contributed by atoms with Crippen molar-refractivity contribution in [2.45, 2.75) is 11.1 Å². The van der Waals surface area contributed by atoms with Gasteiger partial charge in [-0.2, -0.15) is 13.2 Å². The summed E-state index contributed by atoms with van der Waals surface area (Å²) in [4.78, 5) is 29.0. The van der Waals surface area contributed by atoms with Gasteiger partial charge in [-0.1, -0.05) is 10.5 Å². The zero-order valence-electron chi connectivity index (χ0n) is 17.7. The predicted molar refractivity (Wildman–Crippen MR) is 114 cm³/mol. The molecule has 34 heavy (non-hydrogen) atoms. The van der Waals surface area contributed by atoms with Gasteiger partial charge in [-0.05, 0) is 48.5 Å². The van der Waals surface area contributed by atoms with Gasteiger partial charge in [-0.15, -0.1) is 0 Å². The molecule has 9 nitrogen and oxygen atoms in total. The molecule has 0 aliphatic heterocycles. The lowest BCUT2D eigenvalue weighted by molar-refractivity contribution is -0.136. The number of nitrogens with one attached hydrogen (secondary N) is 2. The number of hydrogen-bond acceptors (Lipinski definition) is 6. The van der Waals surface area contributed by atoms with Gasteiger partial charge < -0.3 is 15.1 Å². The average Bonchev–Trinajstić information content (AvgIpc) is 3.34. The Labute approximate surface area is 192 Å². The number of sulfonamides is 1. The Balaban J connectivity index is 1.88. The fourth-order valence-electron chi connectivity index (χ4n) is 2.80. The minimum absolute atomic E-state index is 0.0973. The van der Waals surface area contributed by atoms with Crippen LogP contribution in [0.15, 0.2) is 70.2 Å². The topological polar surface area (TPSA) is 118 Å². The second-order valence-electron chi connectivity index (χ2n) is 6.77. The Hall–Kier alpha value is -3.68. The number of anilines is 2. The third-order valence-corrected chi connectivity index (χ3v) is 6.24. The second kappa shape index (κ2) is 9.67. The lowest BCUT2D eigenvalue weighted by Crippen LogP contribution is -2.26. The zero-order valence-corrected chi connectivity index (χ0v) is 18.5. The largest absolute Gasteiger partial charge is 0.459 e. The van der Waals surface area contributed by atoms with E-state index in [0.717, 1.165) is 26.3 Å². The molecule has 0 atom stereocenters. The number of furan rings is 1. The fraction of sp³-hybridized carbons (Fsp3) is 0.143. The molecule has 13 heteroatoms. The minimum Gasteiger partial charge on any atom is -0.459 e. The van der Waals surface area contributed by atoms with Crippen LogP contribution in [0.4, 0.5) is 24.5 Å². The molecule has 0 bridgehead atoms. The molecular formula is C21H18F3N3O6S. The molecule has 3 rings (SSSR count). The van der Waals surface area contributed by atoms with E-state index >= 15 is 0 Å². The number of nitrogens with zero attached hydrogens (tertiary/aromatic N) is 1. The maximum absolute atomic E-state index is 13.7. The van der Waals surface area contributed by atoms with E-state index in [1.165, 1.54) is 42.7 Å². The van der Waals surface area contributed by atoms with Crippen molar-refractivity contribution >= 4 is 33.2 Å². The van der Waals surface area contributed by atoms with Crippen LogP contribution in [0.5, 0.6) is 0 Å². The summed E-state index contributed by atoms with van der Waals surface area (Å²) >= 11 is 0. The van der Waals surface area contributed by atoms with Crippen molar-refractivity contribution in [3.63, 3.8) is 0 Å².